The number of anilines is 1. The summed E-state index contributed by atoms with van der Waals surface area (Å²) in [4.78, 5) is 10.5. The Morgan fingerprint density at radius 3 is 2.78 bits per heavy atom. The highest BCUT2D eigenvalue weighted by molar-refractivity contribution is 7.93. The molecule has 2 N–H and O–H groups in total. The summed E-state index contributed by atoms with van der Waals surface area (Å²) < 4.78 is 25.5. The Morgan fingerprint density at radius 2 is 2.22 bits per heavy atom. The lowest BCUT2D eigenvalue weighted by Crippen LogP contribution is -2.23. The molecule has 0 aromatic heterocycles. The largest absolute Gasteiger partial charge is 0.481 e. The third-order valence-electron chi connectivity index (χ3n) is 2.19. The van der Waals surface area contributed by atoms with Gasteiger partial charge in [-0.25, -0.2) is 8.42 Å². The molecule has 0 bridgehead atoms. The first kappa shape index (κ1) is 14.0. The monoisotopic (exact) mass is 268 g/mol. The summed E-state index contributed by atoms with van der Waals surface area (Å²) in [6.45, 7) is 1.27. The minimum atomic E-state index is -3.77. The number of sulfonamides is 1. The predicted molar refractivity (Wildman–Crippen MR) is 65.4 cm³/mol. The second-order valence-corrected chi connectivity index (χ2v) is 5.69. The SMILES string of the molecule is CC(C#N)S(=O)(=O)Nc1cccc(CC(=O)O)c1. The number of carboxylic acids is 1. The van der Waals surface area contributed by atoms with Crippen molar-refractivity contribution < 1.29 is 18.3 Å². The predicted octanol–water partition coefficient (Wildman–Crippen LogP) is 0.967. The summed E-state index contributed by atoms with van der Waals surface area (Å²) in [6.07, 6.45) is -0.191. The lowest BCUT2D eigenvalue weighted by molar-refractivity contribution is -0.136. The Morgan fingerprint density at radius 1 is 1.56 bits per heavy atom. The van der Waals surface area contributed by atoms with Crippen LogP contribution in [0.1, 0.15) is 12.5 Å². The second kappa shape index (κ2) is 5.51. The Labute approximate surface area is 105 Å². The molecule has 96 valence electrons. The van der Waals surface area contributed by atoms with Gasteiger partial charge in [-0.05, 0) is 24.6 Å². The highest BCUT2D eigenvalue weighted by Gasteiger charge is 2.19. The Bertz CT molecular complexity index is 589. The fourth-order valence-electron chi connectivity index (χ4n) is 1.24. The third kappa shape index (κ3) is 3.75. The Balaban J connectivity index is 2.93. The van der Waals surface area contributed by atoms with Crippen LogP contribution in [0.5, 0.6) is 0 Å². The highest BCUT2D eigenvalue weighted by atomic mass is 32.2. The average Bonchev–Trinajstić information content (AvgIpc) is 2.26. The first-order valence-corrected chi connectivity index (χ1v) is 6.62. The second-order valence-electron chi connectivity index (χ2n) is 3.69. The van der Waals surface area contributed by atoms with E-state index in [1.54, 1.807) is 18.2 Å². The van der Waals surface area contributed by atoms with Crippen molar-refractivity contribution in [2.45, 2.75) is 18.6 Å². The van der Waals surface area contributed by atoms with Gasteiger partial charge < -0.3 is 5.11 Å². The van der Waals surface area contributed by atoms with Crippen LogP contribution in [0.4, 0.5) is 5.69 Å². The van der Waals surface area contributed by atoms with Crippen LogP contribution in [0.15, 0.2) is 24.3 Å². The number of nitriles is 1. The zero-order chi connectivity index (χ0) is 13.8. The third-order valence-corrected chi connectivity index (χ3v) is 3.75. The molecule has 1 aromatic carbocycles. The lowest BCUT2D eigenvalue weighted by atomic mass is 10.1. The Kier molecular flexibility index (Phi) is 4.28. The molecule has 1 atom stereocenters. The number of hydrogen-bond acceptors (Lipinski definition) is 4. The molecule has 1 rings (SSSR count). The zero-order valence-corrected chi connectivity index (χ0v) is 10.4. The molecule has 6 nitrogen and oxygen atoms in total. The van der Waals surface area contributed by atoms with Crippen LogP contribution in [0.3, 0.4) is 0 Å². The van der Waals surface area contributed by atoms with E-state index in [0.29, 0.717) is 5.56 Å². The normalized spacial score (nSPS) is 12.4. The van der Waals surface area contributed by atoms with E-state index in [1.807, 2.05) is 0 Å². The summed E-state index contributed by atoms with van der Waals surface area (Å²) in [6, 6.07) is 7.68. The topological polar surface area (TPSA) is 107 Å². The summed E-state index contributed by atoms with van der Waals surface area (Å²) in [5.41, 5.74) is 0.725. The van der Waals surface area contributed by atoms with E-state index in [9.17, 15) is 13.2 Å². The van der Waals surface area contributed by atoms with E-state index in [-0.39, 0.29) is 12.1 Å². The molecular formula is C11H12N2O4S. The van der Waals surface area contributed by atoms with Crippen LogP contribution in [-0.4, -0.2) is 24.7 Å². The molecule has 0 saturated carbocycles. The molecule has 0 radical (unpaired) electrons. The van der Waals surface area contributed by atoms with Crippen LogP contribution < -0.4 is 4.72 Å². The van der Waals surface area contributed by atoms with Gasteiger partial charge in [0.25, 0.3) is 0 Å². The molecule has 0 saturated heterocycles. The average molecular weight is 268 g/mol. The van der Waals surface area contributed by atoms with Gasteiger partial charge in [0.1, 0.15) is 0 Å². The van der Waals surface area contributed by atoms with Crippen LogP contribution >= 0.6 is 0 Å². The number of nitrogens with one attached hydrogen (secondary N) is 1. The summed E-state index contributed by atoms with van der Waals surface area (Å²) in [5, 5.41) is 16.0. The minimum Gasteiger partial charge on any atom is -0.481 e. The summed E-state index contributed by atoms with van der Waals surface area (Å²) in [7, 11) is -3.77. The number of nitrogens with zero attached hydrogens (tertiary/aromatic N) is 1. The van der Waals surface area contributed by atoms with Crippen molar-refractivity contribution >= 4 is 21.7 Å². The molecule has 0 aliphatic heterocycles. The van der Waals surface area contributed by atoms with E-state index < -0.39 is 21.2 Å². The molecule has 7 heteroatoms. The number of hydrogen-bond donors (Lipinski definition) is 2. The molecule has 0 aliphatic rings. The Hall–Kier alpha value is -2.07. The molecule has 18 heavy (non-hydrogen) atoms. The van der Waals surface area contributed by atoms with Crippen molar-refractivity contribution in [3.63, 3.8) is 0 Å². The van der Waals surface area contributed by atoms with Gasteiger partial charge in [-0.2, -0.15) is 5.26 Å². The van der Waals surface area contributed by atoms with Crippen molar-refractivity contribution in [2.24, 2.45) is 0 Å². The van der Waals surface area contributed by atoms with Crippen molar-refractivity contribution in [2.75, 3.05) is 4.72 Å². The number of carboxylic acid groups (broad SMARTS) is 1. The molecule has 0 heterocycles. The van der Waals surface area contributed by atoms with Crippen LogP contribution in [-0.2, 0) is 21.2 Å². The van der Waals surface area contributed by atoms with Gasteiger partial charge in [-0.1, -0.05) is 12.1 Å². The zero-order valence-electron chi connectivity index (χ0n) is 9.62. The van der Waals surface area contributed by atoms with Gasteiger partial charge in [0.15, 0.2) is 5.25 Å². The number of rotatable bonds is 5. The number of carbonyl (C=O) groups is 1. The smallest absolute Gasteiger partial charge is 0.307 e. The van der Waals surface area contributed by atoms with Gasteiger partial charge in [-0.15, -0.1) is 0 Å². The molecule has 0 aliphatic carbocycles. The molecular weight excluding hydrogens is 256 g/mol. The van der Waals surface area contributed by atoms with Gasteiger partial charge >= 0.3 is 5.97 Å². The van der Waals surface area contributed by atoms with Gasteiger partial charge in [0, 0.05) is 5.69 Å². The van der Waals surface area contributed by atoms with E-state index in [0.717, 1.165) is 0 Å². The fraction of sp³-hybridized carbons (Fsp3) is 0.273. The van der Waals surface area contributed by atoms with E-state index in [4.69, 9.17) is 10.4 Å². The number of benzene rings is 1. The van der Waals surface area contributed by atoms with E-state index in [2.05, 4.69) is 4.72 Å². The van der Waals surface area contributed by atoms with E-state index >= 15 is 0 Å². The lowest BCUT2D eigenvalue weighted by Gasteiger charge is -2.09. The first-order chi connectivity index (χ1) is 8.35. The maximum absolute atomic E-state index is 11.6. The van der Waals surface area contributed by atoms with Crippen LogP contribution in [0.2, 0.25) is 0 Å². The van der Waals surface area contributed by atoms with Crippen LogP contribution in [0, 0.1) is 11.3 Å². The van der Waals surface area contributed by atoms with Crippen molar-refractivity contribution in [1.29, 1.82) is 5.26 Å². The fourth-order valence-corrected chi connectivity index (χ4v) is 2.01. The number of aliphatic carboxylic acids is 1. The highest BCUT2D eigenvalue weighted by Crippen LogP contribution is 2.14. The minimum absolute atomic E-state index is 0.191. The molecule has 0 fully saturated rings. The molecule has 0 amide bonds. The molecule has 1 aromatic rings. The summed E-state index contributed by atoms with van der Waals surface area (Å²) >= 11 is 0. The molecule has 1 unspecified atom stereocenters. The van der Waals surface area contributed by atoms with Crippen molar-refractivity contribution in [1.82, 2.24) is 0 Å². The van der Waals surface area contributed by atoms with Crippen molar-refractivity contribution in [3.8, 4) is 6.07 Å². The maximum Gasteiger partial charge on any atom is 0.307 e. The standard InChI is InChI=1S/C11H12N2O4S/c1-8(7-12)18(16,17)13-10-4-2-3-9(5-10)6-11(14)15/h2-5,8,13H,6H2,1H3,(H,14,15). The summed E-state index contributed by atoms with van der Waals surface area (Å²) in [5.74, 6) is -1.000. The van der Waals surface area contributed by atoms with Crippen LogP contribution in [0.25, 0.3) is 0 Å². The quantitative estimate of drug-likeness (QED) is 0.827. The first-order valence-electron chi connectivity index (χ1n) is 5.07. The van der Waals surface area contributed by atoms with Gasteiger partial charge in [0.05, 0.1) is 12.5 Å². The van der Waals surface area contributed by atoms with Gasteiger partial charge in [-0.3, -0.25) is 9.52 Å². The van der Waals surface area contributed by atoms with E-state index in [1.165, 1.54) is 19.1 Å². The molecule has 0 spiro atoms. The maximum atomic E-state index is 11.6. The van der Waals surface area contributed by atoms with Gasteiger partial charge in [0.2, 0.25) is 10.0 Å². The van der Waals surface area contributed by atoms with Crippen molar-refractivity contribution in [3.05, 3.63) is 29.8 Å².